The SMILES string of the molecule is CC1CC(C)CN(C(=NC2CCCCC2)Nc2cc(C(C)(C)C)ccc2O)C1. The average molecular weight is 386 g/mol. The molecule has 4 heteroatoms. The van der Waals surface area contributed by atoms with Crippen LogP contribution in [0.4, 0.5) is 5.69 Å². The van der Waals surface area contributed by atoms with Gasteiger partial charge in [0.15, 0.2) is 5.96 Å². The molecule has 1 saturated heterocycles. The summed E-state index contributed by atoms with van der Waals surface area (Å²) in [6.07, 6.45) is 7.52. The summed E-state index contributed by atoms with van der Waals surface area (Å²) in [6, 6.07) is 6.31. The summed E-state index contributed by atoms with van der Waals surface area (Å²) in [6.45, 7) is 13.3. The molecule has 2 atom stereocenters. The number of rotatable bonds is 2. The molecule has 2 unspecified atom stereocenters. The summed E-state index contributed by atoms with van der Waals surface area (Å²) in [5.74, 6) is 2.57. The van der Waals surface area contributed by atoms with Crippen molar-refractivity contribution in [1.29, 1.82) is 0 Å². The molecule has 1 aliphatic carbocycles. The summed E-state index contributed by atoms with van der Waals surface area (Å²) in [5.41, 5.74) is 2.02. The molecule has 0 bridgehead atoms. The number of piperidine rings is 1. The number of anilines is 1. The van der Waals surface area contributed by atoms with Crippen LogP contribution in [0.2, 0.25) is 0 Å². The van der Waals surface area contributed by atoms with E-state index in [0.29, 0.717) is 23.6 Å². The number of nitrogens with one attached hydrogen (secondary N) is 1. The molecule has 2 fully saturated rings. The minimum atomic E-state index is 0.0406. The number of phenols is 1. The predicted molar refractivity (Wildman–Crippen MR) is 119 cm³/mol. The first-order chi connectivity index (χ1) is 13.2. The van der Waals surface area contributed by atoms with E-state index in [1.165, 1.54) is 44.1 Å². The van der Waals surface area contributed by atoms with Crippen molar-refractivity contribution < 1.29 is 5.11 Å². The highest BCUT2D eigenvalue weighted by molar-refractivity contribution is 5.95. The molecule has 1 aromatic carbocycles. The van der Waals surface area contributed by atoms with Gasteiger partial charge in [-0.25, -0.2) is 4.99 Å². The third-order valence-electron chi connectivity index (χ3n) is 6.16. The first kappa shape index (κ1) is 21.0. The highest BCUT2D eigenvalue weighted by Gasteiger charge is 2.26. The third kappa shape index (κ3) is 5.42. The molecule has 0 spiro atoms. The van der Waals surface area contributed by atoms with E-state index in [1.54, 1.807) is 0 Å². The molecule has 28 heavy (non-hydrogen) atoms. The second-order valence-electron chi connectivity index (χ2n) is 10.2. The Balaban J connectivity index is 1.90. The van der Waals surface area contributed by atoms with E-state index in [4.69, 9.17) is 4.99 Å². The van der Waals surface area contributed by atoms with E-state index in [9.17, 15) is 5.11 Å². The van der Waals surface area contributed by atoms with E-state index >= 15 is 0 Å². The van der Waals surface area contributed by atoms with Crippen molar-refractivity contribution >= 4 is 11.6 Å². The van der Waals surface area contributed by atoms with Gasteiger partial charge in [0.1, 0.15) is 5.75 Å². The van der Waals surface area contributed by atoms with Crippen molar-refractivity contribution in [2.75, 3.05) is 18.4 Å². The van der Waals surface area contributed by atoms with Gasteiger partial charge in [0, 0.05) is 13.1 Å². The van der Waals surface area contributed by atoms with Gasteiger partial charge in [0.2, 0.25) is 0 Å². The van der Waals surface area contributed by atoms with Gasteiger partial charge in [0.25, 0.3) is 0 Å². The molecule has 4 nitrogen and oxygen atoms in total. The second-order valence-corrected chi connectivity index (χ2v) is 10.2. The van der Waals surface area contributed by atoms with Crippen LogP contribution in [0.15, 0.2) is 23.2 Å². The largest absolute Gasteiger partial charge is 0.506 e. The van der Waals surface area contributed by atoms with Crippen LogP contribution in [-0.2, 0) is 5.41 Å². The van der Waals surface area contributed by atoms with Crippen LogP contribution in [0.5, 0.6) is 5.75 Å². The molecule has 1 heterocycles. The number of nitrogens with zero attached hydrogens (tertiary/aromatic N) is 2. The van der Waals surface area contributed by atoms with Crippen molar-refractivity contribution in [3.05, 3.63) is 23.8 Å². The van der Waals surface area contributed by atoms with E-state index in [1.807, 2.05) is 12.1 Å². The van der Waals surface area contributed by atoms with E-state index in [0.717, 1.165) is 24.7 Å². The third-order valence-corrected chi connectivity index (χ3v) is 6.16. The van der Waals surface area contributed by atoms with Crippen molar-refractivity contribution in [1.82, 2.24) is 4.90 Å². The van der Waals surface area contributed by atoms with E-state index in [2.05, 4.69) is 50.9 Å². The van der Waals surface area contributed by atoms with Crippen molar-refractivity contribution in [3.63, 3.8) is 0 Å². The molecule has 0 aromatic heterocycles. The molecular formula is C24H39N3O. The molecule has 156 valence electrons. The zero-order valence-electron chi connectivity index (χ0n) is 18.5. The highest BCUT2D eigenvalue weighted by atomic mass is 16.3. The maximum Gasteiger partial charge on any atom is 0.198 e. The Hall–Kier alpha value is -1.71. The minimum Gasteiger partial charge on any atom is -0.506 e. The standard InChI is InChI=1S/C24H39N3O/c1-17-13-18(2)16-27(15-17)23(25-20-9-7-6-8-10-20)26-21-14-19(24(3,4)5)11-12-22(21)28/h11-12,14,17-18,20,28H,6-10,13,15-16H2,1-5H3,(H,25,26). The number of likely N-dealkylation sites (tertiary alicyclic amines) is 1. The number of hydrogen-bond donors (Lipinski definition) is 2. The molecular weight excluding hydrogens is 346 g/mol. The highest BCUT2D eigenvalue weighted by Crippen LogP contribution is 2.32. The summed E-state index contributed by atoms with van der Waals surface area (Å²) >= 11 is 0. The number of guanidine groups is 1. The van der Waals surface area contributed by atoms with Crippen LogP contribution in [0.3, 0.4) is 0 Å². The van der Waals surface area contributed by atoms with Crippen molar-refractivity contribution in [2.45, 2.75) is 84.6 Å². The molecule has 0 amide bonds. The minimum absolute atomic E-state index is 0.0406. The molecule has 1 aromatic rings. The Morgan fingerprint density at radius 3 is 2.32 bits per heavy atom. The lowest BCUT2D eigenvalue weighted by Crippen LogP contribution is -2.46. The summed E-state index contributed by atoms with van der Waals surface area (Å²) in [4.78, 5) is 7.59. The van der Waals surface area contributed by atoms with Crippen molar-refractivity contribution in [3.8, 4) is 5.75 Å². The lowest BCUT2D eigenvalue weighted by molar-refractivity contribution is 0.212. The van der Waals surface area contributed by atoms with Crippen LogP contribution in [0, 0.1) is 11.8 Å². The van der Waals surface area contributed by atoms with Crippen molar-refractivity contribution in [2.24, 2.45) is 16.8 Å². The van der Waals surface area contributed by atoms with E-state index in [-0.39, 0.29) is 5.41 Å². The fraction of sp³-hybridized carbons (Fsp3) is 0.708. The van der Waals surface area contributed by atoms with Crippen LogP contribution in [-0.4, -0.2) is 35.1 Å². The summed E-state index contributed by atoms with van der Waals surface area (Å²) < 4.78 is 0. The molecule has 2 N–H and O–H groups in total. The van der Waals surface area contributed by atoms with Crippen LogP contribution >= 0.6 is 0 Å². The number of hydrogen-bond acceptors (Lipinski definition) is 2. The molecule has 1 saturated carbocycles. The Morgan fingerprint density at radius 2 is 1.71 bits per heavy atom. The number of benzene rings is 1. The Bertz CT molecular complexity index is 676. The molecule has 2 aliphatic rings. The number of aromatic hydroxyl groups is 1. The van der Waals surface area contributed by atoms with E-state index < -0.39 is 0 Å². The Morgan fingerprint density at radius 1 is 1.07 bits per heavy atom. The monoisotopic (exact) mass is 385 g/mol. The zero-order valence-corrected chi connectivity index (χ0v) is 18.5. The van der Waals surface area contributed by atoms with Crippen LogP contribution in [0.25, 0.3) is 0 Å². The number of aliphatic imine (C=N–C) groups is 1. The van der Waals surface area contributed by atoms with Gasteiger partial charge in [-0.15, -0.1) is 0 Å². The zero-order chi connectivity index (χ0) is 20.3. The molecule has 1 aliphatic heterocycles. The maximum atomic E-state index is 10.5. The summed E-state index contributed by atoms with van der Waals surface area (Å²) in [5, 5.41) is 14.1. The topological polar surface area (TPSA) is 47.9 Å². The Kier molecular flexibility index (Phi) is 6.57. The average Bonchev–Trinajstić information content (AvgIpc) is 2.62. The normalized spacial score (nSPS) is 25.0. The fourth-order valence-corrected chi connectivity index (χ4v) is 4.64. The second kappa shape index (κ2) is 8.75. The molecule has 0 radical (unpaired) electrons. The Labute approximate surface area is 171 Å². The first-order valence-electron chi connectivity index (χ1n) is 11.2. The quantitative estimate of drug-likeness (QED) is 0.386. The first-order valence-corrected chi connectivity index (χ1v) is 11.2. The summed E-state index contributed by atoms with van der Waals surface area (Å²) in [7, 11) is 0. The van der Waals surface area contributed by atoms with Gasteiger partial charge < -0.3 is 15.3 Å². The lowest BCUT2D eigenvalue weighted by atomic mass is 9.87. The van der Waals surface area contributed by atoms with Crippen LogP contribution < -0.4 is 5.32 Å². The smallest absolute Gasteiger partial charge is 0.198 e. The van der Waals surface area contributed by atoms with Gasteiger partial charge >= 0.3 is 0 Å². The van der Waals surface area contributed by atoms with Gasteiger partial charge in [-0.3, -0.25) is 0 Å². The lowest BCUT2D eigenvalue weighted by Gasteiger charge is -2.38. The van der Waals surface area contributed by atoms with Crippen LogP contribution in [0.1, 0.15) is 78.7 Å². The maximum absolute atomic E-state index is 10.5. The fourth-order valence-electron chi connectivity index (χ4n) is 4.64. The van der Waals surface area contributed by atoms with Gasteiger partial charge in [0.05, 0.1) is 11.7 Å². The van der Waals surface area contributed by atoms with Gasteiger partial charge in [-0.05, 0) is 54.2 Å². The van der Waals surface area contributed by atoms with Gasteiger partial charge in [-0.2, -0.15) is 0 Å². The van der Waals surface area contributed by atoms with Gasteiger partial charge in [-0.1, -0.05) is 59.9 Å². The molecule has 3 rings (SSSR count). The predicted octanol–water partition coefficient (Wildman–Crippen LogP) is 5.77. The number of phenolic OH excluding ortho intramolecular Hbond substituents is 1.